The molecule has 1 unspecified atom stereocenters. The average molecular weight is 985 g/mol. The highest BCUT2D eigenvalue weighted by Gasteiger charge is 2.42. The van der Waals surface area contributed by atoms with Crippen molar-refractivity contribution in [3.05, 3.63) is 108 Å². The molecule has 21 heteroatoms. The molecule has 3 aromatic rings. The number of hydroxylamine groups is 1. The summed E-state index contributed by atoms with van der Waals surface area (Å²) in [5.41, 5.74) is 9.22. The maximum absolute atomic E-state index is 14.1. The molecule has 3 aromatic carbocycles. The van der Waals surface area contributed by atoms with E-state index in [1.165, 1.54) is 0 Å². The van der Waals surface area contributed by atoms with Crippen LogP contribution >= 0.6 is 11.8 Å². The maximum Gasteiger partial charge on any atom is 0.315 e. The monoisotopic (exact) mass is 984 g/mol. The van der Waals surface area contributed by atoms with Gasteiger partial charge in [-0.3, -0.25) is 43.6 Å². The molecule has 2 fully saturated rings. The van der Waals surface area contributed by atoms with Crippen LogP contribution in [-0.2, 0) is 57.6 Å². The first-order chi connectivity index (χ1) is 33.8. The Morgan fingerprint density at radius 1 is 0.614 bits per heavy atom. The van der Waals surface area contributed by atoms with Gasteiger partial charge in [0.2, 0.25) is 47.3 Å². The first-order valence-electron chi connectivity index (χ1n) is 23.5. The van der Waals surface area contributed by atoms with Gasteiger partial charge < -0.3 is 48.3 Å². The molecule has 5 rings (SSSR count). The summed E-state index contributed by atoms with van der Waals surface area (Å²) in [6.45, 7) is -0.727. The fourth-order valence-electron chi connectivity index (χ4n) is 8.23. The third-order valence-corrected chi connectivity index (χ3v) is 13.5. The second kappa shape index (κ2) is 28.5. The first kappa shape index (κ1) is 53.9. The number of primary amides is 1. The highest BCUT2D eigenvalue weighted by atomic mass is 32.2. The standard InChI is InChI=1S/C49H64N10O10S/c50-45(64)35(20-12-13-23-51-40(60)22-11-10-21-39-44-38(30-70-39)57-49(68)58-44)54-43(63)29-52-42(62)28-53-47(66)36(25-32-16-6-2-7-17-32)56-48(67)37(26-33-18-8-3-9-19-33)55-46(65)34(27-41(61)59-69)24-31-14-4-1-5-15-31/h1-9,14-19,34-39,44,69H,10-13,20-30H2,(H2,50,64)(H,51,60)(H,52,62)(H,53,66)(H,54,63)(H,55,65)(H,56,67)(H,59,61)(H2,57,58,68)/t34?,35-,36-,37-,38-,39-,44-/m0/s1. The smallest absolute Gasteiger partial charge is 0.315 e. The van der Waals surface area contributed by atoms with E-state index in [-0.39, 0.29) is 56.1 Å². The Morgan fingerprint density at radius 3 is 1.81 bits per heavy atom. The lowest BCUT2D eigenvalue weighted by atomic mass is 9.94. The minimum atomic E-state index is -1.23. The predicted molar refractivity (Wildman–Crippen MR) is 260 cm³/mol. The van der Waals surface area contributed by atoms with Crippen LogP contribution in [0.15, 0.2) is 91.0 Å². The van der Waals surface area contributed by atoms with Gasteiger partial charge in [-0.2, -0.15) is 11.8 Å². The Labute approximate surface area is 410 Å². The largest absolute Gasteiger partial charge is 0.368 e. The first-order valence-corrected chi connectivity index (χ1v) is 24.6. The van der Waals surface area contributed by atoms with E-state index in [9.17, 15) is 48.4 Å². The van der Waals surface area contributed by atoms with Gasteiger partial charge in [-0.1, -0.05) is 97.4 Å². The molecule has 2 saturated heterocycles. The number of amides is 10. The number of carbonyl (C=O) groups excluding carboxylic acids is 9. The number of unbranched alkanes of at least 4 members (excludes halogenated alkanes) is 2. The number of hydrogen-bond acceptors (Lipinski definition) is 11. The van der Waals surface area contributed by atoms with Crippen LogP contribution in [0.4, 0.5) is 4.79 Å². The zero-order valence-electron chi connectivity index (χ0n) is 38.9. The van der Waals surface area contributed by atoms with Crippen molar-refractivity contribution in [1.82, 2.24) is 48.0 Å². The predicted octanol–water partition coefficient (Wildman–Crippen LogP) is 0.411. The second-order valence-corrected chi connectivity index (χ2v) is 18.6. The van der Waals surface area contributed by atoms with E-state index in [0.717, 1.165) is 30.6 Å². The summed E-state index contributed by atoms with van der Waals surface area (Å²) in [6.07, 6.45) is 3.85. The van der Waals surface area contributed by atoms with E-state index in [1.54, 1.807) is 96.5 Å². The molecule has 10 amide bonds. The Hall–Kier alpha value is -7.00. The summed E-state index contributed by atoms with van der Waals surface area (Å²) in [4.78, 5) is 116. The third kappa shape index (κ3) is 18.5. The van der Waals surface area contributed by atoms with Gasteiger partial charge in [0.25, 0.3) is 0 Å². The number of fused-ring (bicyclic) bond motifs is 1. The molecule has 7 atom stereocenters. The van der Waals surface area contributed by atoms with Gasteiger partial charge in [0.15, 0.2) is 0 Å². The van der Waals surface area contributed by atoms with E-state index in [0.29, 0.717) is 42.2 Å². The molecule has 70 heavy (non-hydrogen) atoms. The van der Waals surface area contributed by atoms with Gasteiger partial charge >= 0.3 is 6.03 Å². The van der Waals surface area contributed by atoms with Crippen LogP contribution in [0.2, 0.25) is 0 Å². The number of urea groups is 1. The number of nitrogens with two attached hydrogens (primary N) is 1. The quantitative estimate of drug-likeness (QED) is 0.0196. The van der Waals surface area contributed by atoms with Gasteiger partial charge in [-0.05, 0) is 55.2 Å². The van der Waals surface area contributed by atoms with Crippen molar-refractivity contribution < 1.29 is 48.4 Å². The van der Waals surface area contributed by atoms with Crippen molar-refractivity contribution in [3.8, 4) is 0 Å². The molecule has 376 valence electrons. The second-order valence-electron chi connectivity index (χ2n) is 17.4. The molecule has 0 aliphatic carbocycles. The lowest BCUT2D eigenvalue weighted by Crippen LogP contribution is -2.56. The number of rotatable bonds is 29. The van der Waals surface area contributed by atoms with E-state index < -0.39 is 78.5 Å². The summed E-state index contributed by atoms with van der Waals surface area (Å²) < 4.78 is 0. The summed E-state index contributed by atoms with van der Waals surface area (Å²) in [5, 5.41) is 31.3. The topological polar surface area (TPSA) is 308 Å². The van der Waals surface area contributed by atoms with Crippen LogP contribution in [0.3, 0.4) is 0 Å². The van der Waals surface area contributed by atoms with Gasteiger partial charge in [-0.15, -0.1) is 0 Å². The molecular weight excluding hydrogens is 921 g/mol. The van der Waals surface area contributed by atoms with E-state index in [2.05, 4.69) is 42.5 Å². The van der Waals surface area contributed by atoms with E-state index >= 15 is 0 Å². The van der Waals surface area contributed by atoms with Crippen LogP contribution in [-0.4, -0.2) is 119 Å². The third-order valence-electron chi connectivity index (χ3n) is 12.0. The fraction of sp³-hybridized carbons (Fsp3) is 0.449. The molecule has 0 spiro atoms. The van der Waals surface area contributed by atoms with Gasteiger partial charge in [0, 0.05) is 43.2 Å². The van der Waals surface area contributed by atoms with Gasteiger partial charge in [-0.25, -0.2) is 10.3 Å². The van der Waals surface area contributed by atoms with Crippen LogP contribution < -0.4 is 53.7 Å². The summed E-state index contributed by atoms with van der Waals surface area (Å²) in [7, 11) is 0. The van der Waals surface area contributed by atoms with Gasteiger partial charge in [0.1, 0.15) is 18.1 Å². The van der Waals surface area contributed by atoms with E-state index in [4.69, 9.17) is 5.73 Å². The molecule has 2 heterocycles. The summed E-state index contributed by atoms with van der Waals surface area (Å²) in [6, 6.07) is 23.3. The SMILES string of the molecule is NC(=O)[C@H](CCCCNC(=O)CCCC[C@@H]1SC[C@@H]2NC(=O)N[C@@H]21)NC(=O)CNC(=O)CNC(=O)[C@H](Cc1ccccc1)NC(=O)[C@H](Cc1ccccc1)NC(=O)C(CC(=O)NO)Cc1ccccc1. The van der Waals surface area contributed by atoms with Crippen molar-refractivity contribution in [1.29, 1.82) is 0 Å². The Balaban J connectivity index is 1.07. The Bertz CT molecular complexity index is 2240. The lowest BCUT2D eigenvalue weighted by Gasteiger charge is -2.25. The van der Waals surface area contributed by atoms with Crippen LogP contribution in [0, 0.1) is 5.92 Å². The molecular formula is C49H64N10O10S. The number of benzene rings is 3. The molecule has 2 aliphatic rings. The zero-order chi connectivity index (χ0) is 50.3. The van der Waals surface area contributed by atoms with Crippen LogP contribution in [0.5, 0.6) is 0 Å². The van der Waals surface area contributed by atoms with Crippen molar-refractivity contribution >= 4 is 65.1 Å². The Morgan fingerprint density at radius 2 is 1.20 bits per heavy atom. The van der Waals surface area contributed by atoms with E-state index in [1.807, 2.05) is 11.8 Å². The highest BCUT2D eigenvalue weighted by Crippen LogP contribution is 2.33. The number of nitrogens with one attached hydrogen (secondary N) is 9. The minimum Gasteiger partial charge on any atom is -0.368 e. The molecule has 20 nitrogen and oxygen atoms in total. The fourth-order valence-corrected chi connectivity index (χ4v) is 9.78. The average Bonchev–Trinajstić information content (AvgIpc) is 3.92. The van der Waals surface area contributed by atoms with Crippen molar-refractivity contribution in [3.63, 3.8) is 0 Å². The number of hydrogen-bond donors (Lipinski definition) is 11. The Kier molecular flexibility index (Phi) is 22.0. The zero-order valence-corrected chi connectivity index (χ0v) is 39.7. The van der Waals surface area contributed by atoms with Crippen molar-refractivity contribution in [2.75, 3.05) is 25.4 Å². The molecule has 0 aromatic heterocycles. The summed E-state index contributed by atoms with van der Waals surface area (Å²) >= 11 is 1.84. The number of thioether (sulfide) groups is 1. The minimum absolute atomic E-state index is 0.00507. The van der Waals surface area contributed by atoms with Crippen molar-refractivity contribution in [2.24, 2.45) is 11.7 Å². The van der Waals surface area contributed by atoms with Crippen LogP contribution in [0.1, 0.15) is 68.1 Å². The number of carbonyl (C=O) groups is 9. The molecule has 12 N–H and O–H groups in total. The van der Waals surface area contributed by atoms with Gasteiger partial charge in [0.05, 0.1) is 31.1 Å². The normalized spacial score (nSPS) is 17.4. The molecule has 0 radical (unpaired) electrons. The molecule has 2 aliphatic heterocycles. The summed E-state index contributed by atoms with van der Waals surface area (Å²) in [5.74, 6) is -5.25. The molecule has 0 bridgehead atoms. The maximum atomic E-state index is 14.1. The van der Waals surface area contributed by atoms with Crippen LogP contribution in [0.25, 0.3) is 0 Å². The highest BCUT2D eigenvalue weighted by molar-refractivity contribution is 8.00. The lowest BCUT2D eigenvalue weighted by molar-refractivity contribution is -0.136. The molecule has 0 saturated carbocycles. The van der Waals surface area contributed by atoms with Crippen molar-refractivity contribution in [2.45, 2.75) is 106 Å².